The van der Waals surface area contributed by atoms with Crippen LogP contribution in [0.4, 0.5) is 0 Å². The third-order valence-electron chi connectivity index (χ3n) is 3.24. The summed E-state index contributed by atoms with van der Waals surface area (Å²) < 4.78 is 1.68. The largest absolute Gasteiger partial charge is 0.350 e. The van der Waals surface area contributed by atoms with E-state index in [1.165, 1.54) is 0 Å². The Morgan fingerprint density at radius 2 is 2.14 bits per heavy atom. The first-order valence-electron chi connectivity index (χ1n) is 6.19. The van der Waals surface area contributed by atoms with Gasteiger partial charge in [-0.2, -0.15) is 5.10 Å². The van der Waals surface area contributed by atoms with Gasteiger partial charge in [-0.3, -0.25) is 4.79 Å². The van der Waals surface area contributed by atoms with Crippen molar-refractivity contribution in [1.82, 2.24) is 20.1 Å². The van der Waals surface area contributed by atoms with Crippen LogP contribution in [-0.2, 0) is 11.3 Å². The summed E-state index contributed by atoms with van der Waals surface area (Å²) in [6.07, 6.45) is 6.76. The summed E-state index contributed by atoms with van der Waals surface area (Å²) in [5.41, 5.74) is 6.17. The molecule has 0 spiro atoms. The molecule has 2 aromatic rings. The van der Waals surface area contributed by atoms with Crippen molar-refractivity contribution in [2.24, 2.45) is 5.73 Å². The Bertz CT molecular complexity index is 598. The predicted octanol–water partition coefficient (Wildman–Crippen LogP) is 1.22. The Balaban J connectivity index is 0.00000110. The fourth-order valence-electron chi connectivity index (χ4n) is 1.82. The molecule has 2 aromatic heterocycles. The molecule has 0 atom stereocenters. The molecule has 21 heavy (non-hydrogen) atoms. The van der Waals surface area contributed by atoms with Gasteiger partial charge < -0.3 is 11.1 Å². The number of nitrogens with two attached hydrogens (primary N) is 1. The molecule has 3 rings (SSSR count). The number of carbonyl (C=O) groups excluding carboxylic acids is 1. The maximum atomic E-state index is 11.7. The number of carbonyl (C=O) groups is 1. The topological polar surface area (TPSA) is 85.8 Å². The predicted molar refractivity (Wildman–Crippen MR) is 83.9 cm³/mol. The van der Waals surface area contributed by atoms with Crippen LogP contribution in [0, 0.1) is 0 Å². The molecule has 6 nitrogen and oxygen atoms in total. The number of aromatic nitrogens is 3. The van der Waals surface area contributed by atoms with E-state index in [0.29, 0.717) is 6.54 Å². The lowest BCUT2D eigenvalue weighted by atomic mass is 10.2. The zero-order valence-electron chi connectivity index (χ0n) is 11.2. The van der Waals surface area contributed by atoms with Crippen LogP contribution in [0.1, 0.15) is 18.4 Å². The van der Waals surface area contributed by atoms with Gasteiger partial charge >= 0.3 is 0 Å². The maximum absolute atomic E-state index is 11.7. The molecule has 0 bridgehead atoms. The molecule has 0 radical (unpaired) electrons. The van der Waals surface area contributed by atoms with Crippen LogP contribution in [0.2, 0.25) is 0 Å². The van der Waals surface area contributed by atoms with Crippen molar-refractivity contribution in [2.45, 2.75) is 24.9 Å². The van der Waals surface area contributed by atoms with E-state index in [1.54, 1.807) is 17.1 Å². The summed E-state index contributed by atoms with van der Waals surface area (Å²) in [6, 6.07) is 5.59. The molecule has 1 aliphatic carbocycles. The molecule has 114 valence electrons. The van der Waals surface area contributed by atoms with E-state index >= 15 is 0 Å². The van der Waals surface area contributed by atoms with E-state index < -0.39 is 5.54 Å². The number of hydrogen-bond donors (Lipinski definition) is 2. The zero-order valence-corrected chi connectivity index (χ0v) is 12.9. The highest BCUT2D eigenvalue weighted by Crippen LogP contribution is 2.32. The summed E-state index contributed by atoms with van der Waals surface area (Å²) in [4.78, 5) is 16.0. The van der Waals surface area contributed by atoms with Crippen molar-refractivity contribution >= 4 is 30.7 Å². The number of halogens is 2. The number of nitrogens with zero attached hydrogens (tertiary/aromatic N) is 3. The van der Waals surface area contributed by atoms with Crippen molar-refractivity contribution in [3.8, 4) is 5.82 Å². The minimum absolute atomic E-state index is 0. The van der Waals surface area contributed by atoms with Crippen LogP contribution >= 0.6 is 24.8 Å². The quantitative estimate of drug-likeness (QED) is 0.883. The first kappa shape index (κ1) is 17.4. The van der Waals surface area contributed by atoms with Crippen LogP contribution in [0.15, 0.2) is 36.8 Å². The standard InChI is InChI=1S/C13H15N5O.2ClH/c14-13(3-4-13)12(19)16-9-10-2-6-15-11(8-10)18-7-1-5-17-18;;/h1-2,5-8H,3-4,9,14H2,(H,16,19);2*1H. The molecule has 1 amide bonds. The van der Waals surface area contributed by atoms with E-state index in [2.05, 4.69) is 15.4 Å². The molecule has 1 saturated carbocycles. The third-order valence-corrected chi connectivity index (χ3v) is 3.24. The number of amides is 1. The number of rotatable bonds is 4. The van der Waals surface area contributed by atoms with E-state index in [1.807, 2.05) is 24.4 Å². The lowest BCUT2D eigenvalue weighted by molar-refractivity contribution is -0.123. The maximum Gasteiger partial charge on any atom is 0.240 e. The second-order valence-corrected chi connectivity index (χ2v) is 4.81. The van der Waals surface area contributed by atoms with Gasteiger partial charge in [0.25, 0.3) is 0 Å². The van der Waals surface area contributed by atoms with Crippen LogP contribution < -0.4 is 11.1 Å². The second-order valence-electron chi connectivity index (χ2n) is 4.81. The molecular formula is C13H17Cl2N5O. The Kier molecular flexibility index (Phi) is 5.71. The number of pyridine rings is 1. The van der Waals surface area contributed by atoms with Gasteiger partial charge in [0.2, 0.25) is 5.91 Å². The highest BCUT2D eigenvalue weighted by Gasteiger charge is 2.45. The summed E-state index contributed by atoms with van der Waals surface area (Å²) >= 11 is 0. The monoisotopic (exact) mass is 329 g/mol. The van der Waals surface area contributed by atoms with Gasteiger partial charge in [-0.25, -0.2) is 9.67 Å². The van der Waals surface area contributed by atoms with E-state index in [-0.39, 0.29) is 30.7 Å². The van der Waals surface area contributed by atoms with Crippen molar-refractivity contribution in [3.63, 3.8) is 0 Å². The summed E-state index contributed by atoms with van der Waals surface area (Å²) in [5.74, 6) is 0.649. The van der Waals surface area contributed by atoms with Crippen LogP contribution in [-0.4, -0.2) is 26.2 Å². The van der Waals surface area contributed by atoms with E-state index in [9.17, 15) is 4.79 Å². The molecule has 1 fully saturated rings. The van der Waals surface area contributed by atoms with Crippen LogP contribution in [0.25, 0.3) is 5.82 Å². The fourth-order valence-corrected chi connectivity index (χ4v) is 1.82. The zero-order chi connectivity index (χ0) is 13.3. The van der Waals surface area contributed by atoms with Gasteiger partial charge in [0.05, 0.1) is 5.54 Å². The SMILES string of the molecule is Cl.Cl.NC1(C(=O)NCc2ccnc(-n3cccn3)c2)CC1. The molecule has 0 unspecified atom stereocenters. The second kappa shape index (κ2) is 6.89. The summed E-state index contributed by atoms with van der Waals surface area (Å²) in [7, 11) is 0. The van der Waals surface area contributed by atoms with Gasteiger partial charge in [0.15, 0.2) is 5.82 Å². The first-order chi connectivity index (χ1) is 9.17. The Morgan fingerprint density at radius 3 is 2.76 bits per heavy atom. The Hall–Kier alpha value is -1.63. The minimum Gasteiger partial charge on any atom is -0.350 e. The van der Waals surface area contributed by atoms with Crippen molar-refractivity contribution in [3.05, 3.63) is 42.4 Å². The highest BCUT2D eigenvalue weighted by molar-refractivity contribution is 5.88. The first-order valence-corrected chi connectivity index (χ1v) is 6.19. The molecule has 0 aliphatic heterocycles. The molecule has 8 heteroatoms. The Morgan fingerprint density at radius 1 is 1.38 bits per heavy atom. The molecule has 0 aromatic carbocycles. The normalized spacial score (nSPS) is 14.5. The molecule has 0 saturated heterocycles. The minimum atomic E-state index is -0.627. The van der Waals surface area contributed by atoms with E-state index in [4.69, 9.17) is 5.73 Å². The van der Waals surface area contributed by atoms with Gasteiger partial charge in [0.1, 0.15) is 0 Å². The molecule has 3 N–H and O–H groups in total. The lowest BCUT2D eigenvalue weighted by Gasteiger charge is -2.10. The number of nitrogens with one attached hydrogen (secondary N) is 1. The van der Waals surface area contributed by atoms with Gasteiger partial charge in [-0.1, -0.05) is 0 Å². The third kappa shape index (κ3) is 3.93. The van der Waals surface area contributed by atoms with Crippen molar-refractivity contribution < 1.29 is 4.79 Å². The number of hydrogen-bond acceptors (Lipinski definition) is 4. The van der Waals surface area contributed by atoms with Gasteiger partial charge in [0, 0.05) is 25.1 Å². The van der Waals surface area contributed by atoms with E-state index in [0.717, 1.165) is 24.2 Å². The van der Waals surface area contributed by atoms with Crippen molar-refractivity contribution in [1.29, 1.82) is 0 Å². The van der Waals surface area contributed by atoms with Crippen LogP contribution in [0.3, 0.4) is 0 Å². The average molecular weight is 330 g/mol. The van der Waals surface area contributed by atoms with Crippen LogP contribution in [0.5, 0.6) is 0 Å². The lowest BCUT2D eigenvalue weighted by Crippen LogP contribution is -2.42. The highest BCUT2D eigenvalue weighted by atomic mass is 35.5. The molecule has 1 aliphatic rings. The fraction of sp³-hybridized carbons (Fsp3) is 0.308. The smallest absolute Gasteiger partial charge is 0.240 e. The molecular weight excluding hydrogens is 313 g/mol. The molecule has 2 heterocycles. The van der Waals surface area contributed by atoms with Gasteiger partial charge in [-0.05, 0) is 36.6 Å². The average Bonchev–Trinajstić information content (AvgIpc) is 2.96. The summed E-state index contributed by atoms with van der Waals surface area (Å²) in [5, 5.41) is 6.97. The summed E-state index contributed by atoms with van der Waals surface area (Å²) in [6.45, 7) is 0.453. The van der Waals surface area contributed by atoms with Crippen molar-refractivity contribution in [2.75, 3.05) is 0 Å². The Labute approximate surface area is 134 Å². The van der Waals surface area contributed by atoms with Gasteiger partial charge in [-0.15, -0.1) is 24.8 Å².